The first-order valence-electron chi connectivity index (χ1n) is 9.94. The normalized spacial score (nSPS) is 11.0. The lowest BCUT2D eigenvalue weighted by Crippen LogP contribution is -2.38. The van der Waals surface area contributed by atoms with Gasteiger partial charge in [0.05, 0.1) is 24.8 Å². The maximum atomic E-state index is 13.5. The first-order chi connectivity index (χ1) is 15.3. The first kappa shape index (κ1) is 23.1. The van der Waals surface area contributed by atoms with Gasteiger partial charge in [-0.1, -0.05) is 30.3 Å². The number of methoxy groups -OCH3 is 2. The lowest BCUT2D eigenvalue weighted by Gasteiger charge is -2.25. The van der Waals surface area contributed by atoms with Crippen molar-refractivity contribution < 1.29 is 22.7 Å². The molecule has 1 N–H and O–H groups in total. The summed E-state index contributed by atoms with van der Waals surface area (Å²) in [5.41, 5.74) is 2.86. The molecule has 0 heterocycles. The molecule has 32 heavy (non-hydrogen) atoms. The number of hydrogen-bond donors (Lipinski definition) is 1. The molecule has 3 rings (SSSR count). The Morgan fingerprint density at radius 2 is 1.59 bits per heavy atom. The van der Waals surface area contributed by atoms with Crippen LogP contribution in [0.4, 0.5) is 11.4 Å². The van der Waals surface area contributed by atoms with Crippen LogP contribution in [-0.2, 0) is 14.8 Å². The molecule has 3 aromatic carbocycles. The molecule has 0 aliphatic carbocycles. The van der Waals surface area contributed by atoms with Crippen molar-refractivity contribution in [1.82, 2.24) is 0 Å². The minimum atomic E-state index is -4.03. The van der Waals surface area contributed by atoms with Crippen LogP contribution in [0.3, 0.4) is 0 Å². The maximum absolute atomic E-state index is 13.5. The molecule has 0 unspecified atom stereocenters. The Labute approximate surface area is 188 Å². The van der Waals surface area contributed by atoms with Gasteiger partial charge >= 0.3 is 0 Å². The molecular weight excluding hydrogens is 428 g/mol. The molecule has 0 saturated carbocycles. The number of aryl methyl sites for hydroxylation is 1. The van der Waals surface area contributed by atoms with E-state index in [9.17, 15) is 13.2 Å². The summed E-state index contributed by atoms with van der Waals surface area (Å²) in [6, 6.07) is 18.3. The van der Waals surface area contributed by atoms with E-state index in [1.165, 1.54) is 32.4 Å². The summed E-state index contributed by atoms with van der Waals surface area (Å²) in [5, 5.41) is 2.82. The molecule has 1 amide bonds. The second-order valence-electron chi connectivity index (χ2n) is 7.16. The number of ether oxygens (including phenoxy) is 2. The zero-order chi connectivity index (χ0) is 23.3. The van der Waals surface area contributed by atoms with E-state index in [4.69, 9.17) is 9.47 Å². The lowest BCUT2D eigenvalue weighted by molar-refractivity contribution is -0.114. The van der Waals surface area contributed by atoms with E-state index in [1.54, 1.807) is 36.4 Å². The molecule has 0 saturated heterocycles. The van der Waals surface area contributed by atoms with Crippen molar-refractivity contribution in [1.29, 1.82) is 0 Å². The number of carbonyl (C=O) groups excluding carboxylic acids is 1. The smallest absolute Gasteiger partial charge is 0.264 e. The van der Waals surface area contributed by atoms with Gasteiger partial charge in [0.25, 0.3) is 10.0 Å². The number of carbonyl (C=O) groups is 1. The van der Waals surface area contributed by atoms with Crippen molar-refractivity contribution in [3.63, 3.8) is 0 Å². The summed E-state index contributed by atoms with van der Waals surface area (Å²) in [7, 11) is -1.07. The average molecular weight is 455 g/mol. The highest BCUT2D eigenvalue weighted by molar-refractivity contribution is 7.92. The Balaban J connectivity index is 2.01. The molecule has 0 spiro atoms. The molecule has 0 aromatic heterocycles. The molecule has 0 aliphatic heterocycles. The zero-order valence-electron chi connectivity index (χ0n) is 18.5. The molecule has 0 fully saturated rings. The topological polar surface area (TPSA) is 84.9 Å². The largest absolute Gasteiger partial charge is 0.493 e. The van der Waals surface area contributed by atoms with Crippen molar-refractivity contribution >= 4 is 27.3 Å². The van der Waals surface area contributed by atoms with E-state index in [-0.39, 0.29) is 10.6 Å². The minimum Gasteiger partial charge on any atom is -0.493 e. The monoisotopic (exact) mass is 454 g/mol. The fourth-order valence-corrected chi connectivity index (χ4v) is 4.66. The van der Waals surface area contributed by atoms with Gasteiger partial charge in [-0.2, -0.15) is 0 Å². The number of hydrogen-bond acceptors (Lipinski definition) is 5. The van der Waals surface area contributed by atoms with Gasteiger partial charge in [-0.15, -0.1) is 0 Å². The minimum absolute atomic E-state index is 0.0781. The van der Waals surface area contributed by atoms with E-state index in [0.717, 1.165) is 15.4 Å². The highest BCUT2D eigenvalue weighted by atomic mass is 32.2. The molecule has 0 bridgehead atoms. The summed E-state index contributed by atoms with van der Waals surface area (Å²) in [5.74, 6) is 0.342. The molecule has 0 radical (unpaired) electrons. The van der Waals surface area contributed by atoms with Crippen LogP contribution in [0, 0.1) is 13.8 Å². The quantitative estimate of drug-likeness (QED) is 0.553. The number of benzene rings is 3. The van der Waals surface area contributed by atoms with E-state index >= 15 is 0 Å². The Morgan fingerprint density at radius 1 is 0.906 bits per heavy atom. The molecule has 7 nitrogen and oxygen atoms in total. The van der Waals surface area contributed by atoms with E-state index in [2.05, 4.69) is 5.32 Å². The number of nitrogens with zero attached hydrogens (tertiary/aromatic N) is 1. The van der Waals surface area contributed by atoms with Crippen molar-refractivity contribution in [2.75, 3.05) is 30.4 Å². The van der Waals surface area contributed by atoms with Crippen LogP contribution < -0.4 is 19.1 Å². The summed E-state index contributed by atoms with van der Waals surface area (Å²) in [6.45, 7) is 3.43. The highest BCUT2D eigenvalue weighted by Gasteiger charge is 2.28. The Hall–Kier alpha value is -3.52. The van der Waals surface area contributed by atoms with Gasteiger partial charge in [-0.3, -0.25) is 9.10 Å². The first-order valence-corrected chi connectivity index (χ1v) is 11.4. The molecule has 0 aliphatic rings. The third kappa shape index (κ3) is 4.86. The Kier molecular flexibility index (Phi) is 7.05. The second kappa shape index (κ2) is 9.74. The second-order valence-corrected chi connectivity index (χ2v) is 9.02. The summed E-state index contributed by atoms with van der Waals surface area (Å²) < 4.78 is 38.6. The third-order valence-electron chi connectivity index (χ3n) is 5.15. The fourth-order valence-electron chi connectivity index (χ4n) is 3.22. The Morgan fingerprint density at radius 3 is 2.25 bits per heavy atom. The predicted octanol–water partition coefficient (Wildman–Crippen LogP) is 4.15. The van der Waals surface area contributed by atoms with Gasteiger partial charge in [-0.25, -0.2) is 8.42 Å². The predicted molar refractivity (Wildman–Crippen MR) is 125 cm³/mol. The van der Waals surface area contributed by atoms with Gasteiger partial charge in [0.1, 0.15) is 6.54 Å². The number of rotatable bonds is 8. The maximum Gasteiger partial charge on any atom is 0.264 e. The van der Waals surface area contributed by atoms with Crippen LogP contribution in [-0.4, -0.2) is 35.1 Å². The van der Waals surface area contributed by atoms with Crippen LogP contribution in [0.5, 0.6) is 11.5 Å². The van der Waals surface area contributed by atoms with Gasteiger partial charge < -0.3 is 14.8 Å². The molecular formula is C24H26N2O5S. The molecule has 3 aromatic rings. The fraction of sp³-hybridized carbons (Fsp3) is 0.208. The van der Waals surface area contributed by atoms with Crippen molar-refractivity contribution in [3.05, 3.63) is 77.9 Å². The highest BCUT2D eigenvalue weighted by Crippen LogP contribution is 2.33. The summed E-state index contributed by atoms with van der Waals surface area (Å²) in [6.07, 6.45) is 0. The average Bonchev–Trinajstić information content (AvgIpc) is 2.80. The summed E-state index contributed by atoms with van der Waals surface area (Å²) >= 11 is 0. The van der Waals surface area contributed by atoms with Gasteiger partial charge in [0, 0.05) is 11.8 Å². The van der Waals surface area contributed by atoms with Gasteiger partial charge in [0.15, 0.2) is 11.5 Å². The van der Waals surface area contributed by atoms with Crippen LogP contribution in [0.15, 0.2) is 71.6 Å². The van der Waals surface area contributed by atoms with E-state index < -0.39 is 22.5 Å². The van der Waals surface area contributed by atoms with Crippen LogP contribution in [0.25, 0.3) is 0 Å². The lowest BCUT2D eigenvalue weighted by atomic mass is 10.1. The Bertz CT molecular complexity index is 1210. The number of anilines is 2. The van der Waals surface area contributed by atoms with Crippen molar-refractivity contribution in [2.24, 2.45) is 0 Å². The molecule has 168 valence electrons. The third-order valence-corrected chi connectivity index (χ3v) is 6.94. The number of amides is 1. The van der Waals surface area contributed by atoms with Crippen molar-refractivity contribution in [3.8, 4) is 11.5 Å². The van der Waals surface area contributed by atoms with Crippen LogP contribution >= 0.6 is 0 Å². The number of nitrogens with one attached hydrogen (secondary N) is 1. The van der Waals surface area contributed by atoms with Gasteiger partial charge in [-0.05, 0) is 55.3 Å². The van der Waals surface area contributed by atoms with Crippen molar-refractivity contribution in [2.45, 2.75) is 18.7 Å². The van der Waals surface area contributed by atoms with Gasteiger partial charge in [0.2, 0.25) is 5.91 Å². The zero-order valence-corrected chi connectivity index (χ0v) is 19.3. The molecule has 8 heteroatoms. The van der Waals surface area contributed by atoms with Crippen LogP contribution in [0.2, 0.25) is 0 Å². The standard InChI is InChI=1S/C24H26N2O5S/c1-17-9-8-12-21(18(17)2)25-24(27)16-26(32(28,29)20-10-6-5-7-11-20)19-13-14-22(30-3)23(15-19)31-4/h5-15H,16H2,1-4H3,(H,25,27). The molecule has 0 atom stereocenters. The summed E-state index contributed by atoms with van der Waals surface area (Å²) in [4.78, 5) is 13.0. The van der Waals surface area contributed by atoms with Crippen LogP contribution in [0.1, 0.15) is 11.1 Å². The van der Waals surface area contributed by atoms with E-state index in [1.807, 2.05) is 26.0 Å². The SMILES string of the molecule is COc1ccc(N(CC(=O)Nc2cccc(C)c2C)S(=O)(=O)c2ccccc2)cc1OC. The number of sulfonamides is 1. The van der Waals surface area contributed by atoms with E-state index in [0.29, 0.717) is 17.2 Å².